The number of hydrogen-bond donors (Lipinski definition) is 0. The minimum atomic E-state index is -3.25. The Morgan fingerprint density at radius 3 is 2.35 bits per heavy atom. The fraction of sp³-hybridized carbons (Fsp3) is 0.385. The highest BCUT2D eigenvalue weighted by Crippen LogP contribution is 2.59. The number of aryl methyl sites for hydroxylation is 1. The molecular formula is C13H19O3P. The first-order valence-corrected chi connectivity index (χ1v) is 7.23. The Balaban J connectivity index is 3.04. The predicted octanol–water partition coefficient (Wildman–Crippen LogP) is 4.23. The Hall–Kier alpha value is -0.890. The molecule has 0 bridgehead atoms. The normalized spacial score (nSPS) is 11.5. The van der Waals surface area contributed by atoms with Gasteiger partial charge in [-0.2, -0.15) is 0 Å². The minimum Gasteiger partial charge on any atom is -0.305 e. The lowest BCUT2D eigenvalue weighted by Gasteiger charge is -2.19. The van der Waals surface area contributed by atoms with Gasteiger partial charge in [-0.25, -0.2) is 0 Å². The van der Waals surface area contributed by atoms with E-state index in [0.29, 0.717) is 18.5 Å². The Morgan fingerprint density at radius 1 is 1.29 bits per heavy atom. The zero-order chi connectivity index (χ0) is 12.9. The van der Waals surface area contributed by atoms with Crippen LogP contribution in [0.1, 0.15) is 25.0 Å². The van der Waals surface area contributed by atoms with Gasteiger partial charge in [0.05, 0.1) is 18.5 Å². The summed E-state index contributed by atoms with van der Waals surface area (Å²) < 4.78 is 23.0. The summed E-state index contributed by atoms with van der Waals surface area (Å²) in [5, 5.41) is 0.421. The van der Waals surface area contributed by atoms with Crippen LogP contribution in [0.5, 0.6) is 0 Å². The summed E-state index contributed by atoms with van der Waals surface area (Å²) in [5.74, 6) is 0. The number of rotatable bonds is 6. The minimum absolute atomic E-state index is 0.335. The third-order valence-corrected chi connectivity index (χ3v) is 4.40. The molecular weight excluding hydrogens is 235 g/mol. The van der Waals surface area contributed by atoms with Crippen molar-refractivity contribution in [2.24, 2.45) is 0 Å². The second-order valence-electron chi connectivity index (χ2n) is 3.65. The van der Waals surface area contributed by atoms with E-state index in [1.54, 1.807) is 13.8 Å². The summed E-state index contributed by atoms with van der Waals surface area (Å²) in [6, 6.07) is 7.66. The van der Waals surface area contributed by atoms with Gasteiger partial charge < -0.3 is 9.05 Å². The van der Waals surface area contributed by atoms with E-state index in [9.17, 15) is 4.57 Å². The van der Waals surface area contributed by atoms with Gasteiger partial charge in [0.25, 0.3) is 0 Å². The molecule has 0 spiro atoms. The van der Waals surface area contributed by atoms with E-state index in [2.05, 4.69) is 6.58 Å². The number of benzene rings is 1. The van der Waals surface area contributed by atoms with Crippen molar-refractivity contribution < 1.29 is 13.6 Å². The second kappa shape index (κ2) is 6.15. The molecule has 3 nitrogen and oxygen atoms in total. The highest BCUT2D eigenvalue weighted by molar-refractivity contribution is 7.65. The smallest absolute Gasteiger partial charge is 0.305 e. The molecule has 0 aliphatic heterocycles. The van der Waals surface area contributed by atoms with Crippen molar-refractivity contribution in [2.45, 2.75) is 20.8 Å². The first-order valence-electron chi connectivity index (χ1n) is 5.69. The monoisotopic (exact) mass is 254 g/mol. The maximum absolute atomic E-state index is 12.5. The SMILES string of the molecule is C=C(c1cccc(C)c1)P(=O)(OCC)OCC. The van der Waals surface area contributed by atoms with E-state index >= 15 is 0 Å². The Kier molecular flexibility index (Phi) is 5.13. The Morgan fingerprint density at radius 2 is 1.88 bits per heavy atom. The van der Waals surface area contributed by atoms with Crippen LogP contribution in [-0.2, 0) is 13.6 Å². The maximum atomic E-state index is 12.5. The van der Waals surface area contributed by atoms with Gasteiger partial charge in [0, 0.05) is 0 Å². The molecule has 0 heterocycles. The standard InChI is InChI=1S/C13H19O3P/c1-5-15-17(14,16-6-2)12(4)13-9-7-8-11(3)10-13/h7-10H,4-6H2,1-3H3. The molecule has 0 aromatic heterocycles. The first-order chi connectivity index (χ1) is 8.03. The van der Waals surface area contributed by atoms with E-state index in [4.69, 9.17) is 9.05 Å². The van der Waals surface area contributed by atoms with E-state index in [0.717, 1.165) is 11.1 Å². The third kappa shape index (κ3) is 3.53. The summed E-state index contributed by atoms with van der Waals surface area (Å²) in [7, 11) is -3.25. The molecule has 0 saturated heterocycles. The summed E-state index contributed by atoms with van der Waals surface area (Å²) >= 11 is 0. The van der Waals surface area contributed by atoms with Gasteiger partial charge in [-0.15, -0.1) is 0 Å². The van der Waals surface area contributed by atoms with Crippen LogP contribution in [0.2, 0.25) is 0 Å². The summed E-state index contributed by atoms with van der Waals surface area (Å²) in [5.41, 5.74) is 1.89. The third-order valence-electron chi connectivity index (χ3n) is 2.28. The van der Waals surface area contributed by atoms with Gasteiger partial charge in [0.1, 0.15) is 0 Å². The lowest BCUT2D eigenvalue weighted by atomic mass is 10.1. The molecule has 0 atom stereocenters. The molecule has 4 heteroatoms. The van der Waals surface area contributed by atoms with Gasteiger partial charge in [-0.3, -0.25) is 4.57 Å². The van der Waals surface area contributed by atoms with Crippen molar-refractivity contribution in [3.8, 4) is 0 Å². The van der Waals surface area contributed by atoms with E-state index in [-0.39, 0.29) is 0 Å². The van der Waals surface area contributed by atoms with Crippen molar-refractivity contribution in [3.05, 3.63) is 42.0 Å². The van der Waals surface area contributed by atoms with Gasteiger partial charge in [0.15, 0.2) is 0 Å². The average Bonchev–Trinajstić information content (AvgIpc) is 2.28. The molecule has 0 unspecified atom stereocenters. The molecule has 0 saturated carbocycles. The molecule has 0 aliphatic rings. The molecule has 0 N–H and O–H groups in total. The van der Waals surface area contributed by atoms with Crippen molar-refractivity contribution in [1.82, 2.24) is 0 Å². The zero-order valence-corrected chi connectivity index (χ0v) is 11.5. The molecule has 0 amide bonds. The fourth-order valence-electron chi connectivity index (χ4n) is 1.52. The van der Waals surface area contributed by atoms with Gasteiger partial charge in [-0.1, -0.05) is 36.4 Å². The van der Waals surface area contributed by atoms with Crippen LogP contribution in [0.3, 0.4) is 0 Å². The summed E-state index contributed by atoms with van der Waals surface area (Å²) in [4.78, 5) is 0. The maximum Gasteiger partial charge on any atom is 0.361 e. The average molecular weight is 254 g/mol. The van der Waals surface area contributed by atoms with Gasteiger partial charge in [0.2, 0.25) is 0 Å². The molecule has 1 aromatic carbocycles. The van der Waals surface area contributed by atoms with Crippen molar-refractivity contribution in [2.75, 3.05) is 13.2 Å². The molecule has 1 rings (SSSR count). The van der Waals surface area contributed by atoms with E-state index in [1.165, 1.54) is 0 Å². The van der Waals surface area contributed by atoms with Gasteiger partial charge in [-0.05, 0) is 26.3 Å². The van der Waals surface area contributed by atoms with Crippen LogP contribution in [-0.4, -0.2) is 13.2 Å². The molecule has 0 aliphatic carbocycles. The molecule has 17 heavy (non-hydrogen) atoms. The Labute approximate surface area is 103 Å². The van der Waals surface area contributed by atoms with Gasteiger partial charge >= 0.3 is 7.60 Å². The Bertz CT molecular complexity index is 430. The lowest BCUT2D eigenvalue weighted by Crippen LogP contribution is -1.98. The first kappa shape index (κ1) is 14.2. The van der Waals surface area contributed by atoms with Crippen LogP contribution in [0.25, 0.3) is 5.31 Å². The summed E-state index contributed by atoms with van der Waals surface area (Å²) in [6.07, 6.45) is 0. The van der Waals surface area contributed by atoms with Crippen LogP contribution in [0.4, 0.5) is 0 Å². The second-order valence-corrected chi connectivity index (χ2v) is 5.70. The van der Waals surface area contributed by atoms with Crippen LogP contribution in [0.15, 0.2) is 30.8 Å². The van der Waals surface area contributed by atoms with Crippen LogP contribution >= 0.6 is 7.60 Å². The fourth-order valence-corrected chi connectivity index (χ4v) is 3.04. The zero-order valence-electron chi connectivity index (χ0n) is 10.6. The lowest BCUT2D eigenvalue weighted by molar-refractivity contribution is 0.230. The molecule has 1 aromatic rings. The van der Waals surface area contributed by atoms with Crippen molar-refractivity contribution >= 4 is 12.9 Å². The number of hydrogen-bond acceptors (Lipinski definition) is 3. The van der Waals surface area contributed by atoms with Crippen LogP contribution < -0.4 is 0 Å². The predicted molar refractivity (Wildman–Crippen MR) is 71.1 cm³/mol. The van der Waals surface area contributed by atoms with E-state index in [1.807, 2.05) is 31.2 Å². The largest absolute Gasteiger partial charge is 0.361 e. The quantitative estimate of drug-likeness (QED) is 0.712. The molecule has 0 radical (unpaired) electrons. The van der Waals surface area contributed by atoms with E-state index < -0.39 is 7.60 Å². The molecule has 94 valence electrons. The molecule has 0 fully saturated rings. The highest BCUT2D eigenvalue weighted by Gasteiger charge is 2.28. The summed E-state index contributed by atoms with van der Waals surface area (Å²) in [6.45, 7) is 10.1. The topological polar surface area (TPSA) is 35.5 Å². The highest BCUT2D eigenvalue weighted by atomic mass is 31.2. The van der Waals surface area contributed by atoms with Crippen molar-refractivity contribution in [3.63, 3.8) is 0 Å². The van der Waals surface area contributed by atoms with Crippen molar-refractivity contribution in [1.29, 1.82) is 0 Å². The van der Waals surface area contributed by atoms with Crippen LogP contribution in [0, 0.1) is 6.92 Å².